The highest BCUT2D eigenvalue weighted by Crippen LogP contribution is 2.43. The number of carbonyl (C=O) groups excluding carboxylic acids is 2. The van der Waals surface area contributed by atoms with Crippen LogP contribution in [-0.2, 0) is 32.7 Å². The number of allylic oxidation sites excluding steroid dienone is 32. The van der Waals surface area contributed by atoms with Crippen LogP contribution in [0.5, 0.6) is 0 Å². The number of nitrogens with two attached hydrogens (primary N) is 1. The molecule has 0 aromatic carbocycles. The summed E-state index contributed by atoms with van der Waals surface area (Å²) < 4.78 is 33.2. The molecule has 0 heterocycles. The van der Waals surface area contributed by atoms with Crippen molar-refractivity contribution in [3.63, 3.8) is 0 Å². The Bertz CT molecular complexity index is 2270. The maximum absolute atomic E-state index is 12.8. The Hall–Kier alpha value is -5.15. The Morgan fingerprint density at radius 2 is 0.547 bits per heavy atom. The molecular formula is C85H138NO8P. The molecule has 0 spiro atoms. The van der Waals surface area contributed by atoms with Crippen molar-refractivity contribution >= 4 is 19.8 Å². The lowest BCUT2D eigenvalue weighted by Gasteiger charge is -2.19. The Kier molecular flexibility index (Phi) is 73.6. The summed E-state index contributed by atoms with van der Waals surface area (Å²) in [5, 5.41) is 0. The van der Waals surface area contributed by atoms with E-state index in [9.17, 15) is 19.0 Å². The molecular weight excluding hydrogens is 1190 g/mol. The first-order chi connectivity index (χ1) is 46.8. The van der Waals surface area contributed by atoms with Crippen LogP contribution in [0.3, 0.4) is 0 Å². The average molecular weight is 1330 g/mol. The minimum atomic E-state index is -4.42. The smallest absolute Gasteiger partial charge is 0.462 e. The molecule has 0 saturated carbocycles. The molecule has 9 nitrogen and oxygen atoms in total. The highest BCUT2D eigenvalue weighted by Gasteiger charge is 2.26. The molecule has 0 aromatic rings. The van der Waals surface area contributed by atoms with Crippen molar-refractivity contribution in [1.29, 1.82) is 0 Å². The quantitative estimate of drug-likeness (QED) is 0.0264. The lowest BCUT2D eigenvalue weighted by Crippen LogP contribution is -2.29. The number of esters is 2. The summed E-state index contributed by atoms with van der Waals surface area (Å²) in [6, 6.07) is 0. The van der Waals surface area contributed by atoms with Gasteiger partial charge in [0.05, 0.1) is 13.2 Å². The van der Waals surface area contributed by atoms with E-state index >= 15 is 0 Å². The van der Waals surface area contributed by atoms with Crippen molar-refractivity contribution < 1.29 is 37.6 Å². The largest absolute Gasteiger partial charge is 0.472 e. The molecule has 0 aliphatic heterocycles. The zero-order chi connectivity index (χ0) is 68.6. The second-order valence-electron chi connectivity index (χ2n) is 24.4. The standard InChI is InChI=1S/C85H138NO8P/c1-3-5-7-9-11-13-15-17-19-21-23-25-27-29-31-33-35-37-38-39-40-41-42-43-44-46-47-49-51-53-55-57-59-61-63-65-67-69-71-73-75-77-84(87)91-81-83(82-93-95(89,90)92-80-79-86)94-85(88)78-76-74-72-70-68-66-64-62-60-58-56-54-52-50-48-45-36-34-32-30-28-26-24-22-20-18-16-14-12-10-8-6-4-2/h5-8,11-14,17-20,23-26,29-32,35-37,45,50,52,56,58,62,64,68,70,83H,3-4,9-10,15-16,21-22,27-28,33-34,38-44,46-49,51,53-55,57,59-61,63,65-67,69,71-82,86H2,1-2H3,(H,89,90)/b7-5-,8-6-,13-11-,14-12-,19-17-,20-18-,25-23-,26-24-,31-29-,32-30-,37-35-,45-36-,52-50-,58-56-,64-62-,70-68-. The first-order valence-corrected chi connectivity index (χ1v) is 39.4. The molecule has 0 radical (unpaired) electrons. The third-order valence-corrected chi connectivity index (χ3v) is 16.5. The zero-order valence-electron chi connectivity index (χ0n) is 60.3. The van der Waals surface area contributed by atoms with Crippen molar-refractivity contribution in [2.24, 2.45) is 5.73 Å². The van der Waals surface area contributed by atoms with E-state index in [1.165, 1.54) is 128 Å². The van der Waals surface area contributed by atoms with Crippen LogP contribution in [0.25, 0.3) is 0 Å². The van der Waals surface area contributed by atoms with E-state index in [0.717, 1.165) is 135 Å². The predicted molar refractivity (Wildman–Crippen MR) is 412 cm³/mol. The van der Waals surface area contributed by atoms with Gasteiger partial charge in [0.1, 0.15) is 6.61 Å². The minimum absolute atomic E-state index is 0.0378. The first kappa shape index (κ1) is 89.8. The third kappa shape index (κ3) is 77.7. The molecule has 0 aliphatic rings. The molecule has 0 saturated heterocycles. The topological polar surface area (TPSA) is 134 Å². The van der Waals surface area contributed by atoms with Gasteiger partial charge in [-0.1, -0.05) is 337 Å². The number of hydrogen-bond acceptors (Lipinski definition) is 8. The third-order valence-electron chi connectivity index (χ3n) is 15.5. The zero-order valence-corrected chi connectivity index (χ0v) is 61.2. The van der Waals surface area contributed by atoms with Crippen molar-refractivity contribution in [3.05, 3.63) is 194 Å². The number of phosphoric acid groups is 1. The molecule has 0 aliphatic carbocycles. The van der Waals surface area contributed by atoms with Gasteiger partial charge in [0, 0.05) is 19.4 Å². The van der Waals surface area contributed by atoms with E-state index in [-0.39, 0.29) is 32.6 Å². The summed E-state index contributed by atoms with van der Waals surface area (Å²) in [6.45, 7) is 3.46. The van der Waals surface area contributed by atoms with Crippen LogP contribution < -0.4 is 5.73 Å². The van der Waals surface area contributed by atoms with Crippen molar-refractivity contribution in [1.82, 2.24) is 0 Å². The van der Waals surface area contributed by atoms with Gasteiger partial charge in [-0.2, -0.15) is 0 Å². The lowest BCUT2D eigenvalue weighted by molar-refractivity contribution is -0.161. The van der Waals surface area contributed by atoms with Crippen molar-refractivity contribution in [2.75, 3.05) is 26.4 Å². The molecule has 0 aromatic heterocycles. The average Bonchev–Trinajstić information content (AvgIpc) is 3.25. The fourth-order valence-electron chi connectivity index (χ4n) is 9.96. The summed E-state index contributed by atoms with van der Waals surface area (Å²) in [7, 11) is -4.42. The number of phosphoric ester groups is 1. The van der Waals surface area contributed by atoms with Gasteiger partial charge in [-0.3, -0.25) is 18.6 Å². The fraction of sp³-hybridized carbons (Fsp3) is 0.600. The molecule has 95 heavy (non-hydrogen) atoms. The fourth-order valence-corrected chi connectivity index (χ4v) is 10.7. The van der Waals surface area contributed by atoms with Gasteiger partial charge in [-0.05, 0) is 141 Å². The lowest BCUT2D eigenvalue weighted by atomic mass is 10.0. The second-order valence-corrected chi connectivity index (χ2v) is 25.9. The monoisotopic (exact) mass is 1330 g/mol. The maximum Gasteiger partial charge on any atom is 0.472 e. The minimum Gasteiger partial charge on any atom is -0.462 e. The van der Waals surface area contributed by atoms with E-state index in [1.54, 1.807) is 0 Å². The molecule has 0 amide bonds. The Morgan fingerprint density at radius 1 is 0.316 bits per heavy atom. The number of unbranched alkanes of at least 4 members (excludes halogenated alkanes) is 24. The van der Waals surface area contributed by atoms with Crippen molar-refractivity contribution in [2.45, 2.75) is 302 Å². The van der Waals surface area contributed by atoms with Crippen LogP contribution in [0.2, 0.25) is 0 Å². The molecule has 2 unspecified atom stereocenters. The normalized spacial score (nSPS) is 14.0. The predicted octanol–water partition coefficient (Wildman–Crippen LogP) is 25.6. The Labute approximate surface area is 583 Å². The Balaban J connectivity index is 3.93. The van der Waals surface area contributed by atoms with Crippen LogP contribution >= 0.6 is 7.82 Å². The van der Waals surface area contributed by atoms with Gasteiger partial charge in [-0.25, -0.2) is 4.57 Å². The summed E-state index contributed by atoms with van der Waals surface area (Å²) in [4.78, 5) is 35.4. The first-order valence-electron chi connectivity index (χ1n) is 37.9. The number of ether oxygens (including phenoxy) is 2. The SMILES string of the molecule is CC/C=C\C/C=C\C/C=C\C/C=C\C/C=C\C/C=C\C/C=C\C/C=C\C/C=C\C/C=C\CCCCC(=O)OC(COC(=O)CCCCCCCCCCCCCCCCCCCCCCCC/C=C\C/C=C\C/C=C\C/C=C\C/C=C\C/C=C\CC)COP(=O)(O)OCCN. The molecule has 10 heteroatoms. The van der Waals surface area contributed by atoms with Crippen LogP contribution in [-0.4, -0.2) is 49.3 Å². The van der Waals surface area contributed by atoms with Gasteiger partial charge < -0.3 is 20.1 Å². The Morgan fingerprint density at radius 3 is 0.832 bits per heavy atom. The molecule has 536 valence electrons. The van der Waals surface area contributed by atoms with Crippen LogP contribution in [0.4, 0.5) is 0 Å². The maximum atomic E-state index is 12.8. The van der Waals surface area contributed by atoms with Gasteiger partial charge in [-0.15, -0.1) is 0 Å². The van der Waals surface area contributed by atoms with Gasteiger partial charge in [0.25, 0.3) is 0 Å². The van der Waals surface area contributed by atoms with Crippen LogP contribution in [0.15, 0.2) is 194 Å². The van der Waals surface area contributed by atoms with Gasteiger partial charge in [0.15, 0.2) is 6.10 Å². The number of carbonyl (C=O) groups is 2. The number of rotatable bonds is 69. The van der Waals surface area contributed by atoms with Gasteiger partial charge in [0.2, 0.25) is 0 Å². The summed E-state index contributed by atoms with van der Waals surface area (Å²) in [5.41, 5.74) is 5.40. The van der Waals surface area contributed by atoms with E-state index in [4.69, 9.17) is 24.3 Å². The van der Waals surface area contributed by atoms with Gasteiger partial charge >= 0.3 is 19.8 Å². The molecule has 0 bridgehead atoms. The van der Waals surface area contributed by atoms with Crippen molar-refractivity contribution in [3.8, 4) is 0 Å². The number of hydrogen-bond donors (Lipinski definition) is 2. The molecule has 0 fully saturated rings. The summed E-state index contributed by atoms with van der Waals surface area (Å²) >= 11 is 0. The van der Waals surface area contributed by atoms with E-state index in [0.29, 0.717) is 6.42 Å². The summed E-state index contributed by atoms with van der Waals surface area (Å²) in [5.74, 6) is -0.883. The summed E-state index contributed by atoms with van der Waals surface area (Å²) in [6.07, 6.45) is 118. The van der Waals surface area contributed by atoms with E-state index in [1.807, 2.05) is 0 Å². The molecule has 2 atom stereocenters. The molecule has 3 N–H and O–H groups in total. The highest BCUT2D eigenvalue weighted by molar-refractivity contribution is 7.47. The van der Waals surface area contributed by atoms with Crippen LogP contribution in [0.1, 0.15) is 296 Å². The second kappa shape index (κ2) is 77.9. The molecule has 0 rings (SSSR count). The van der Waals surface area contributed by atoms with E-state index in [2.05, 4.69) is 208 Å². The highest BCUT2D eigenvalue weighted by atomic mass is 31.2. The van der Waals surface area contributed by atoms with E-state index < -0.39 is 32.5 Å². The van der Waals surface area contributed by atoms with Crippen LogP contribution in [0, 0.1) is 0 Å².